The van der Waals surface area contributed by atoms with Crippen molar-refractivity contribution in [2.24, 2.45) is 5.73 Å². The van der Waals surface area contributed by atoms with E-state index in [1.165, 1.54) is 6.07 Å². The molecule has 0 aliphatic heterocycles. The summed E-state index contributed by atoms with van der Waals surface area (Å²) in [7, 11) is 1.82. The number of rotatable bonds is 4. The van der Waals surface area contributed by atoms with Gasteiger partial charge in [-0.2, -0.15) is 0 Å². The molecule has 1 unspecified atom stereocenters. The van der Waals surface area contributed by atoms with Gasteiger partial charge < -0.3 is 5.73 Å². The Hall–Kier alpha value is -1.07. The lowest BCUT2D eigenvalue weighted by Crippen LogP contribution is -2.38. The maximum atomic E-state index is 12.9. The summed E-state index contributed by atoms with van der Waals surface area (Å²) in [6, 6.07) is 3.76. The Morgan fingerprint density at radius 3 is 2.56 bits per heavy atom. The molecule has 1 aromatic rings. The van der Waals surface area contributed by atoms with Crippen molar-refractivity contribution < 1.29 is 8.78 Å². The van der Waals surface area contributed by atoms with Gasteiger partial charge in [-0.05, 0) is 31.7 Å². The van der Waals surface area contributed by atoms with E-state index >= 15 is 0 Å². The van der Waals surface area contributed by atoms with Crippen LogP contribution in [0.3, 0.4) is 0 Å². The van der Waals surface area contributed by atoms with Gasteiger partial charge >= 0.3 is 0 Å². The Kier molecular flexibility index (Phi) is 4.32. The average molecular weight is 244 g/mol. The molecule has 0 aromatic heterocycles. The van der Waals surface area contributed by atoms with Crippen LogP contribution in [0.1, 0.15) is 12.5 Å². The maximum absolute atomic E-state index is 12.9. The Morgan fingerprint density at radius 1 is 1.44 bits per heavy atom. The molecule has 2 N–H and O–H groups in total. The van der Waals surface area contributed by atoms with Crippen molar-refractivity contribution in [3.05, 3.63) is 35.4 Å². The first-order valence-electron chi connectivity index (χ1n) is 4.85. The fourth-order valence-electron chi connectivity index (χ4n) is 1.28. The summed E-state index contributed by atoms with van der Waals surface area (Å²) in [6.07, 6.45) is 0. The van der Waals surface area contributed by atoms with Gasteiger partial charge in [-0.3, -0.25) is 4.90 Å². The number of hydrogen-bond donors (Lipinski definition) is 1. The SMILES string of the molecule is CC(C(N)=S)N(C)Cc1ccc(F)c(F)c1. The average Bonchev–Trinajstić information content (AvgIpc) is 2.22. The molecular formula is C11H14F2N2S. The summed E-state index contributed by atoms with van der Waals surface area (Å²) in [5.41, 5.74) is 6.18. The predicted octanol–water partition coefficient (Wildman–Crippen LogP) is 2.07. The molecule has 1 rings (SSSR count). The molecule has 2 nitrogen and oxygen atoms in total. The van der Waals surface area contributed by atoms with Crippen LogP contribution in [-0.2, 0) is 6.54 Å². The fourth-order valence-corrected chi connectivity index (χ4v) is 1.46. The molecule has 0 heterocycles. The van der Waals surface area contributed by atoms with Crippen LogP contribution >= 0.6 is 12.2 Å². The van der Waals surface area contributed by atoms with Gasteiger partial charge in [0.15, 0.2) is 11.6 Å². The first-order chi connectivity index (χ1) is 7.41. The standard InChI is InChI=1S/C11H14F2N2S/c1-7(11(14)16)15(2)6-8-3-4-9(12)10(13)5-8/h3-5,7H,6H2,1-2H3,(H2,14,16). The fraction of sp³-hybridized carbons (Fsp3) is 0.364. The molecule has 0 aliphatic rings. The van der Waals surface area contributed by atoms with Crippen LogP contribution in [0.15, 0.2) is 18.2 Å². The number of likely N-dealkylation sites (N-methyl/N-ethyl adjacent to an activating group) is 1. The lowest BCUT2D eigenvalue weighted by molar-refractivity contribution is 0.303. The van der Waals surface area contributed by atoms with Gasteiger partial charge in [0.1, 0.15) is 0 Å². The second-order valence-corrected chi connectivity index (χ2v) is 4.21. The third-order valence-electron chi connectivity index (χ3n) is 2.49. The van der Waals surface area contributed by atoms with E-state index in [-0.39, 0.29) is 6.04 Å². The normalized spacial score (nSPS) is 12.8. The predicted molar refractivity (Wildman–Crippen MR) is 64.1 cm³/mol. The molecule has 0 fully saturated rings. The molecule has 16 heavy (non-hydrogen) atoms. The Morgan fingerprint density at radius 2 is 2.06 bits per heavy atom. The van der Waals surface area contributed by atoms with Crippen LogP contribution in [-0.4, -0.2) is 23.0 Å². The number of hydrogen-bond acceptors (Lipinski definition) is 2. The Labute approximate surface area is 99.0 Å². The van der Waals surface area contributed by atoms with Crippen LogP contribution in [0, 0.1) is 11.6 Å². The molecule has 1 aromatic carbocycles. The summed E-state index contributed by atoms with van der Waals surface area (Å²) < 4.78 is 25.6. The van der Waals surface area contributed by atoms with Gasteiger partial charge in [0.25, 0.3) is 0 Å². The monoisotopic (exact) mass is 244 g/mol. The molecule has 0 saturated heterocycles. The van der Waals surface area contributed by atoms with Crippen LogP contribution in [0.5, 0.6) is 0 Å². The van der Waals surface area contributed by atoms with Crippen molar-refractivity contribution in [2.45, 2.75) is 19.5 Å². The van der Waals surface area contributed by atoms with E-state index in [0.29, 0.717) is 17.1 Å². The highest BCUT2D eigenvalue weighted by molar-refractivity contribution is 7.80. The molecule has 0 saturated carbocycles. The molecule has 5 heteroatoms. The summed E-state index contributed by atoms with van der Waals surface area (Å²) >= 11 is 4.86. The zero-order chi connectivity index (χ0) is 12.3. The van der Waals surface area contributed by atoms with Gasteiger partial charge in [-0.15, -0.1) is 0 Å². The van der Waals surface area contributed by atoms with Crippen LogP contribution < -0.4 is 5.73 Å². The molecule has 0 spiro atoms. The van der Waals surface area contributed by atoms with Gasteiger partial charge in [0.2, 0.25) is 0 Å². The van der Waals surface area contributed by atoms with Crippen LogP contribution in [0.2, 0.25) is 0 Å². The second-order valence-electron chi connectivity index (χ2n) is 3.74. The van der Waals surface area contributed by atoms with E-state index in [0.717, 1.165) is 6.07 Å². The maximum Gasteiger partial charge on any atom is 0.159 e. The highest BCUT2D eigenvalue weighted by Gasteiger charge is 2.12. The number of thiocarbonyl (C=S) groups is 1. The minimum Gasteiger partial charge on any atom is -0.392 e. The number of halogens is 2. The highest BCUT2D eigenvalue weighted by atomic mass is 32.1. The molecule has 1 atom stereocenters. The summed E-state index contributed by atoms with van der Waals surface area (Å²) in [4.78, 5) is 2.25. The Balaban J connectivity index is 2.73. The molecule has 0 amide bonds. The third kappa shape index (κ3) is 3.21. The van der Waals surface area contributed by atoms with Crippen molar-refractivity contribution >= 4 is 17.2 Å². The summed E-state index contributed by atoms with van der Waals surface area (Å²) in [5, 5.41) is 0. The molecular weight excluding hydrogens is 230 g/mol. The first kappa shape index (κ1) is 13.0. The first-order valence-corrected chi connectivity index (χ1v) is 5.26. The van der Waals surface area contributed by atoms with E-state index < -0.39 is 11.6 Å². The van der Waals surface area contributed by atoms with Crippen molar-refractivity contribution in [1.29, 1.82) is 0 Å². The molecule has 0 radical (unpaired) electrons. The van der Waals surface area contributed by atoms with Gasteiger partial charge in [0.05, 0.1) is 11.0 Å². The minimum atomic E-state index is -0.839. The van der Waals surface area contributed by atoms with E-state index in [4.69, 9.17) is 18.0 Å². The summed E-state index contributed by atoms with van der Waals surface area (Å²) in [5.74, 6) is -1.68. The lowest BCUT2D eigenvalue weighted by Gasteiger charge is -2.23. The highest BCUT2D eigenvalue weighted by Crippen LogP contribution is 2.11. The smallest absolute Gasteiger partial charge is 0.159 e. The number of benzene rings is 1. The summed E-state index contributed by atoms with van der Waals surface area (Å²) in [6.45, 7) is 2.33. The van der Waals surface area contributed by atoms with E-state index in [1.54, 1.807) is 6.07 Å². The van der Waals surface area contributed by atoms with Crippen molar-refractivity contribution in [2.75, 3.05) is 7.05 Å². The van der Waals surface area contributed by atoms with E-state index in [9.17, 15) is 8.78 Å². The van der Waals surface area contributed by atoms with E-state index in [2.05, 4.69) is 0 Å². The topological polar surface area (TPSA) is 29.3 Å². The van der Waals surface area contributed by atoms with Crippen molar-refractivity contribution in [3.63, 3.8) is 0 Å². The number of nitrogens with zero attached hydrogens (tertiary/aromatic N) is 1. The van der Waals surface area contributed by atoms with Gasteiger partial charge in [-0.25, -0.2) is 8.78 Å². The molecule has 88 valence electrons. The zero-order valence-electron chi connectivity index (χ0n) is 9.21. The van der Waals surface area contributed by atoms with Crippen LogP contribution in [0.25, 0.3) is 0 Å². The number of nitrogens with two attached hydrogens (primary N) is 1. The molecule has 0 aliphatic carbocycles. The third-order valence-corrected chi connectivity index (χ3v) is 2.83. The largest absolute Gasteiger partial charge is 0.392 e. The second kappa shape index (κ2) is 5.32. The van der Waals surface area contributed by atoms with Gasteiger partial charge in [0, 0.05) is 6.54 Å². The van der Waals surface area contributed by atoms with Gasteiger partial charge in [-0.1, -0.05) is 18.3 Å². The zero-order valence-corrected chi connectivity index (χ0v) is 10.0. The quantitative estimate of drug-likeness (QED) is 0.822. The van der Waals surface area contributed by atoms with Crippen molar-refractivity contribution in [1.82, 2.24) is 4.90 Å². The van der Waals surface area contributed by atoms with Crippen LogP contribution in [0.4, 0.5) is 8.78 Å². The Bertz CT molecular complexity index is 396. The van der Waals surface area contributed by atoms with E-state index in [1.807, 2.05) is 18.9 Å². The minimum absolute atomic E-state index is 0.0804. The lowest BCUT2D eigenvalue weighted by atomic mass is 10.2. The van der Waals surface area contributed by atoms with Crippen molar-refractivity contribution in [3.8, 4) is 0 Å². The molecule has 0 bridgehead atoms.